The van der Waals surface area contributed by atoms with Crippen LogP contribution in [0.1, 0.15) is 80.3 Å². The number of hydrogen-bond acceptors (Lipinski definition) is 1. The summed E-state index contributed by atoms with van der Waals surface area (Å²) in [4.78, 5) is 0. The van der Waals surface area contributed by atoms with Gasteiger partial charge in [0.25, 0.3) is 0 Å². The Bertz CT molecular complexity index is 1540. The van der Waals surface area contributed by atoms with E-state index in [-0.39, 0.29) is 12.0 Å². The Kier molecular flexibility index (Phi) is 10.5. The molecule has 4 aromatic rings. The Labute approximate surface area is 240 Å². The van der Waals surface area contributed by atoms with Crippen LogP contribution < -0.4 is 4.74 Å². The predicted octanol–water partition coefficient (Wildman–Crippen LogP) is 9.45. The Balaban J connectivity index is 1.40. The minimum Gasteiger partial charge on any atom is -0.494 e. The largest absolute Gasteiger partial charge is 0.494 e. The second kappa shape index (κ2) is 14.3. The summed E-state index contributed by atoms with van der Waals surface area (Å²) in [6, 6.07) is 14.7. The van der Waals surface area contributed by atoms with Gasteiger partial charge in [-0.05, 0) is 93.0 Å². The highest BCUT2D eigenvalue weighted by molar-refractivity contribution is 5.90. The van der Waals surface area contributed by atoms with Gasteiger partial charge in [0, 0.05) is 28.8 Å². The molecule has 4 rings (SSSR count). The summed E-state index contributed by atoms with van der Waals surface area (Å²) in [5, 5.41) is 1.31. The first-order valence-electron chi connectivity index (χ1n) is 14.5. The van der Waals surface area contributed by atoms with E-state index in [1.807, 2.05) is 24.3 Å². The van der Waals surface area contributed by atoms with E-state index in [2.05, 4.69) is 55.4 Å². The van der Waals surface area contributed by atoms with Crippen LogP contribution in [0.4, 0.5) is 17.6 Å². The molecule has 2 nitrogen and oxygen atoms in total. The Hall–Kier alpha value is -3.72. The fourth-order valence-corrected chi connectivity index (χ4v) is 5.15. The van der Waals surface area contributed by atoms with Gasteiger partial charge in [-0.25, -0.2) is 17.6 Å². The van der Waals surface area contributed by atoms with Crippen molar-refractivity contribution in [1.82, 2.24) is 4.57 Å². The molecular formula is C35H37F4NO. The summed E-state index contributed by atoms with van der Waals surface area (Å²) in [6.45, 7) is 8.02. The van der Waals surface area contributed by atoms with Crippen LogP contribution in [0.2, 0.25) is 0 Å². The maximum Gasteiger partial charge on any atom is 0.197 e. The maximum absolute atomic E-state index is 13.8. The highest BCUT2D eigenvalue weighted by Crippen LogP contribution is 2.30. The Morgan fingerprint density at radius 2 is 1.54 bits per heavy atom. The molecule has 0 amide bonds. The number of para-hydroxylation sites is 1. The van der Waals surface area contributed by atoms with Crippen molar-refractivity contribution in [2.45, 2.75) is 78.7 Å². The monoisotopic (exact) mass is 563 g/mol. The van der Waals surface area contributed by atoms with Crippen LogP contribution in [-0.2, 0) is 19.4 Å². The third kappa shape index (κ3) is 7.14. The van der Waals surface area contributed by atoms with Crippen LogP contribution in [0.5, 0.6) is 5.75 Å². The number of benzene rings is 3. The maximum atomic E-state index is 13.8. The summed E-state index contributed by atoms with van der Waals surface area (Å²) in [7, 11) is 0. The predicted molar refractivity (Wildman–Crippen MR) is 157 cm³/mol. The molecule has 0 aliphatic rings. The molecule has 0 aliphatic carbocycles. The zero-order valence-corrected chi connectivity index (χ0v) is 24.1. The number of ether oxygens (including phenoxy) is 1. The topological polar surface area (TPSA) is 14.2 Å². The summed E-state index contributed by atoms with van der Waals surface area (Å²) < 4.78 is 61.9. The number of halogens is 4. The normalized spacial score (nSPS) is 11.1. The molecule has 6 heteroatoms. The molecule has 1 heterocycles. The summed E-state index contributed by atoms with van der Waals surface area (Å²) in [6.07, 6.45) is 6.75. The van der Waals surface area contributed by atoms with E-state index >= 15 is 0 Å². The zero-order chi connectivity index (χ0) is 29.4. The molecule has 0 bridgehead atoms. The number of rotatable bonds is 12. The van der Waals surface area contributed by atoms with Crippen molar-refractivity contribution in [1.29, 1.82) is 0 Å². The van der Waals surface area contributed by atoms with Gasteiger partial charge in [-0.2, -0.15) is 0 Å². The lowest BCUT2D eigenvalue weighted by molar-refractivity contribution is 0.306. The van der Waals surface area contributed by atoms with Gasteiger partial charge in [-0.15, -0.1) is 0 Å². The summed E-state index contributed by atoms with van der Waals surface area (Å²) in [5.74, 6) is 1.12. The fraction of sp³-hybridized carbons (Fsp3) is 0.371. The molecule has 0 fully saturated rings. The SMILES string of the molecule is CCCCc1c(C)n(CCCC)c2c(C#Cc3ccc(OCCCCc4cc(F)c(F)c(F)c4F)cc3)cccc12. The average molecular weight is 564 g/mol. The lowest BCUT2D eigenvalue weighted by Gasteiger charge is -2.09. The van der Waals surface area contributed by atoms with E-state index < -0.39 is 23.3 Å². The average Bonchev–Trinajstić information content (AvgIpc) is 3.26. The van der Waals surface area contributed by atoms with E-state index in [9.17, 15) is 17.6 Å². The van der Waals surface area contributed by atoms with Gasteiger partial charge in [0.2, 0.25) is 0 Å². The quantitative estimate of drug-likeness (QED) is 0.0551. The van der Waals surface area contributed by atoms with E-state index in [1.165, 1.54) is 35.0 Å². The number of aryl methyl sites for hydroxylation is 3. The molecule has 3 aromatic carbocycles. The third-order valence-electron chi connectivity index (χ3n) is 7.47. The van der Waals surface area contributed by atoms with Gasteiger partial charge in [-0.1, -0.05) is 50.7 Å². The lowest BCUT2D eigenvalue weighted by Crippen LogP contribution is -2.03. The molecule has 0 spiro atoms. The minimum absolute atomic E-state index is 0.0893. The minimum atomic E-state index is -1.78. The Morgan fingerprint density at radius 1 is 0.780 bits per heavy atom. The van der Waals surface area contributed by atoms with Crippen molar-refractivity contribution in [2.75, 3.05) is 6.61 Å². The van der Waals surface area contributed by atoms with Crippen LogP contribution in [0.25, 0.3) is 10.9 Å². The van der Waals surface area contributed by atoms with Crippen molar-refractivity contribution in [3.05, 3.63) is 99.7 Å². The van der Waals surface area contributed by atoms with Crippen LogP contribution >= 0.6 is 0 Å². The van der Waals surface area contributed by atoms with Crippen molar-refractivity contribution < 1.29 is 22.3 Å². The van der Waals surface area contributed by atoms with E-state index in [0.29, 0.717) is 31.3 Å². The van der Waals surface area contributed by atoms with Crippen LogP contribution in [0.3, 0.4) is 0 Å². The first-order chi connectivity index (χ1) is 19.8. The first kappa shape index (κ1) is 30.2. The number of fused-ring (bicyclic) bond motifs is 1. The molecule has 0 atom stereocenters. The van der Waals surface area contributed by atoms with Crippen molar-refractivity contribution in [2.24, 2.45) is 0 Å². The molecular weight excluding hydrogens is 526 g/mol. The molecule has 0 unspecified atom stereocenters. The molecule has 0 saturated heterocycles. The van der Waals surface area contributed by atoms with Crippen molar-refractivity contribution >= 4 is 10.9 Å². The standard InChI is InChI=1S/C35H37F4NO/c1-4-6-13-29-24(3)40(21-7-5-2)35-26(12-10-14-30(29)35)18-15-25-16-19-28(20-17-25)41-22-9-8-11-27-23-31(36)33(38)34(39)32(27)37/h10,12,14,16-17,19-20,23H,4-9,11,13,21-22H2,1-3H3. The summed E-state index contributed by atoms with van der Waals surface area (Å²) in [5.41, 5.74) is 5.74. The highest BCUT2D eigenvalue weighted by atomic mass is 19.2. The molecule has 0 N–H and O–H groups in total. The molecule has 0 saturated carbocycles. The molecule has 41 heavy (non-hydrogen) atoms. The third-order valence-corrected chi connectivity index (χ3v) is 7.47. The van der Waals surface area contributed by atoms with Crippen LogP contribution in [-0.4, -0.2) is 11.2 Å². The van der Waals surface area contributed by atoms with Gasteiger partial charge >= 0.3 is 0 Å². The fourth-order valence-electron chi connectivity index (χ4n) is 5.15. The second-order valence-corrected chi connectivity index (χ2v) is 10.4. The molecule has 216 valence electrons. The second-order valence-electron chi connectivity index (χ2n) is 10.4. The molecule has 1 aromatic heterocycles. The van der Waals surface area contributed by atoms with Crippen LogP contribution in [0, 0.1) is 42.0 Å². The van der Waals surface area contributed by atoms with Crippen molar-refractivity contribution in [3.63, 3.8) is 0 Å². The molecule has 0 aliphatic heterocycles. The van der Waals surface area contributed by atoms with E-state index in [4.69, 9.17) is 4.74 Å². The summed E-state index contributed by atoms with van der Waals surface area (Å²) >= 11 is 0. The van der Waals surface area contributed by atoms with Gasteiger partial charge < -0.3 is 9.30 Å². The number of nitrogens with zero attached hydrogens (tertiary/aromatic N) is 1. The van der Waals surface area contributed by atoms with Gasteiger partial charge in [0.1, 0.15) is 5.75 Å². The number of hydrogen-bond donors (Lipinski definition) is 0. The van der Waals surface area contributed by atoms with E-state index in [0.717, 1.165) is 36.9 Å². The molecule has 0 radical (unpaired) electrons. The first-order valence-corrected chi connectivity index (χ1v) is 14.5. The van der Waals surface area contributed by atoms with E-state index in [1.54, 1.807) is 0 Å². The van der Waals surface area contributed by atoms with Crippen LogP contribution in [0.15, 0.2) is 48.5 Å². The van der Waals surface area contributed by atoms with Gasteiger partial charge in [-0.3, -0.25) is 0 Å². The lowest BCUT2D eigenvalue weighted by atomic mass is 10.0. The van der Waals surface area contributed by atoms with Gasteiger partial charge in [0.05, 0.1) is 12.1 Å². The highest BCUT2D eigenvalue weighted by Gasteiger charge is 2.18. The number of aromatic nitrogens is 1. The zero-order valence-electron chi connectivity index (χ0n) is 24.1. The van der Waals surface area contributed by atoms with Gasteiger partial charge in [0.15, 0.2) is 23.3 Å². The Morgan fingerprint density at radius 3 is 2.27 bits per heavy atom. The van der Waals surface area contributed by atoms with Crippen molar-refractivity contribution in [3.8, 4) is 17.6 Å². The number of unbranched alkanes of at least 4 members (excludes halogenated alkanes) is 3. The smallest absolute Gasteiger partial charge is 0.197 e.